The lowest BCUT2D eigenvalue weighted by molar-refractivity contribution is 0.237. The Balaban J connectivity index is 1.86. The molecule has 2 N–H and O–H groups in total. The maximum atomic E-state index is 5.86. The van der Waals surface area contributed by atoms with Crippen LogP contribution >= 0.6 is 11.6 Å². The molecule has 0 heterocycles. The van der Waals surface area contributed by atoms with E-state index in [1.807, 2.05) is 12.1 Å². The summed E-state index contributed by atoms with van der Waals surface area (Å²) in [5, 5.41) is 0.824. The fourth-order valence-electron chi connectivity index (χ4n) is 2.46. The van der Waals surface area contributed by atoms with E-state index in [-0.39, 0.29) is 0 Å². The summed E-state index contributed by atoms with van der Waals surface area (Å²) in [7, 11) is 0. The van der Waals surface area contributed by atoms with E-state index in [4.69, 9.17) is 17.3 Å². The third-order valence-corrected chi connectivity index (χ3v) is 3.53. The van der Waals surface area contributed by atoms with Gasteiger partial charge in [-0.2, -0.15) is 0 Å². The third-order valence-electron chi connectivity index (χ3n) is 3.28. The Bertz CT molecular complexity index is 312. The van der Waals surface area contributed by atoms with Crippen LogP contribution in [0.3, 0.4) is 0 Å². The van der Waals surface area contributed by atoms with Crippen LogP contribution in [-0.2, 0) is 0 Å². The van der Waals surface area contributed by atoms with E-state index < -0.39 is 0 Å². The quantitative estimate of drug-likeness (QED) is 0.833. The Morgan fingerprint density at radius 3 is 2.47 bits per heavy atom. The topological polar surface area (TPSA) is 26.0 Å². The van der Waals surface area contributed by atoms with Gasteiger partial charge in [0.25, 0.3) is 0 Å². The number of rotatable bonds is 3. The van der Waals surface area contributed by atoms with Crippen molar-refractivity contribution in [3.05, 3.63) is 34.9 Å². The van der Waals surface area contributed by atoms with E-state index >= 15 is 0 Å². The zero-order valence-electron chi connectivity index (χ0n) is 9.12. The minimum atomic E-state index is 0.348. The van der Waals surface area contributed by atoms with Gasteiger partial charge in [0.05, 0.1) is 0 Å². The molecule has 1 aromatic carbocycles. The highest BCUT2D eigenvalue weighted by molar-refractivity contribution is 6.30. The smallest absolute Gasteiger partial charge is 0.0406 e. The first-order valence-electron chi connectivity index (χ1n) is 5.66. The first kappa shape index (κ1) is 11.0. The van der Waals surface area contributed by atoms with Crippen LogP contribution in [0.1, 0.15) is 37.7 Å². The average Bonchev–Trinajstić information content (AvgIpc) is 2.12. The first-order chi connectivity index (χ1) is 7.15. The van der Waals surface area contributed by atoms with Crippen molar-refractivity contribution < 1.29 is 0 Å². The summed E-state index contributed by atoms with van der Waals surface area (Å²) in [6.07, 6.45) is 3.76. The molecule has 1 aromatic rings. The van der Waals surface area contributed by atoms with Gasteiger partial charge in [0.2, 0.25) is 0 Å². The van der Waals surface area contributed by atoms with Crippen molar-refractivity contribution in [2.45, 2.75) is 38.1 Å². The van der Waals surface area contributed by atoms with Crippen LogP contribution in [0.15, 0.2) is 24.3 Å². The van der Waals surface area contributed by atoms with Crippen molar-refractivity contribution in [3.63, 3.8) is 0 Å². The van der Waals surface area contributed by atoms with Crippen LogP contribution in [0.2, 0.25) is 5.02 Å². The standard InChI is InChI=1S/C13H18ClN/c1-9(15)6-10-7-12(8-10)11-2-4-13(14)5-3-11/h2-5,9-10,12H,6-8,15H2,1H3. The normalized spacial score (nSPS) is 27.1. The Morgan fingerprint density at radius 2 is 1.93 bits per heavy atom. The van der Waals surface area contributed by atoms with Gasteiger partial charge in [-0.05, 0) is 55.7 Å². The largest absolute Gasteiger partial charge is 0.328 e. The highest BCUT2D eigenvalue weighted by atomic mass is 35.5. The van der Waals surface area contributed by atoms with Crippen LogP contribution in [-0.4, -0.2) is 6.04 Å². The second-order valence-corrected chi connectivity index (χ2v) is 5.24. The zero-order valence-corrected chi connectivity index (χ0v) is 9.87. The predicted octanol–water partition coefficient (Wildman–Crippen LogP) is 3.57. The molecule has 0 saturated heterocycles. The summed E-state index contributed by atoms with van der Waals surface area (Å²) in [6, 6.07) is 8.61. The summed E-state index contributed by atoms with van der Waals surface area (Å²) in [5.41, 5.74) is 7.22. The Kier molecular flexibility index (Phi) is 3.32. The monoisotopic (exact) mass is 223 g/mol. The molecule has 0 spiro atoms. The van der Waals surface area contributed by atoms with Crippen molar-refractivity contribution >= 4 is 11.6 Å². The second-order valence-electron chi connectivity index (χ2n) is 4.80. The highest BCUT2D eigenvalue weighted by Gasteiger charge is 2.30. The molecule has 1 fully saturated rings. The predicted molar refractivity (Wildman–Crippen MR) is 65.2 cm³/mol. The molecule has 1 nitrogen and oxygen atoms in total. The Hall–Kier alpha value is -0.530. The van der Waals surface area contributed by atoms with Crippen molar-refractivity contribution in [2.24, 2.45) is 11.7 Å². The fraction of sp³-hybridized carbons (Fsp3) is 0.538. The van der Waals surface area contributed by atoms with Crippen LogP contribution in [0.5, 0.6) is 0 Å². The lowest BCUT2D eigenvalue weighted by Gasteiger charge is -2.36. The minimum Gasteiger partial charge on any atom is -0.328 e. The van der Waals surface area contributed by atoms with Crippen molar-refractivity contribution in [1.29, 1.82) is 0 Å². The van der Waals surface area contributed by atoms with Crippen LogP contribution in [0, 0.1) is 5.92 Å². The lowest BCUT2D eigenvalue weighted by atomic mass is 9.69. The van der Waals surface area contributed by atoms with E-state index in [1.54, 1.807) is 0 Å². The lowest BCUT2D eigenvalue weighted by Crippen LogP contribution is -2.28. The number of hydrogen-bond donors (Lipinski definition) is 1. The fourth-order valence-corrected chi connectivity index (χ4v) is 2.59. The third kappa shape index (κ3) is 2.73. The molecule has 0 aliphatic heterocycles. The number of benzene rings is 1. The van der Waals surface area contributed by atoms with Crippen molar-refractivity contribution in [2.75, 3.05) is 0 Å². The summed E-state index contributed by atoms with van der Waals surface area (Å²) < 4.78 is 0. The molecule has 0 radical (unpaired) electrons. The minimum absolute atomic E-state index is 0.348. The van der Waals surface area contributed by atoms with Crippen molar-refractivity contribution in [1.82, 2.24) is 0 Å². The van der Waals surface area contributed by atoms with Gasteiger partial charge in [-0.25, -0.2) is 0 Å². The second kappa shape index (κ2) is 4.54. The summed E-state index contributed by atoms with van der Waals surface area (Å²) in [6.45, 7) is 2.09. The molecule has 1 aliphatic carbocycles. The van der Waals surface area contributed by atoms with E-state index in [0.29, 0.717) is 6.04 Å². The van der Waals surface area contributed by atoms with Gasteiger partial charge in [-0.3, -0.25) is 0 Å². The summed E-state index contributed by atoms with van der Waals surface area (Å²) in [5.74, 6) is 1.58. The molecular weight excluding hydrogens is 206 g/mol. The van der Waals surface area contributed by atoms with E-state index in [2.05, 4.69) is 19.1 Å². The SMILES string of the molecule is CC(N)CC1CC(c2ccc(Cl)cc2)C1. The summed E-state index contributed by atoms with van der Waals surface area (Å²) >= 11 is 5.86. The summed E-state index contributed by atoms with van der Waals surface area (Å²) in [4.78, 5) is 0. The first-order valence-corrected chi connectivity index (χ1v) is 6.04. The molecule has 0 aromatic heterocycles. The van der Waals surface area contributed by atoms with E-state index in [0.717, 1.165) is 16.9 Å². The molecule has 0 bridgehead atoms. The van der Waals surface area contributed by atoms with E-state index in [1.165, 1.54) is 24.8 Å². The van der Waals surface area contributed by atoms with Crippen LogP contribution in [0.25, 0.3) is 0 Å². The molecule has 1 saturated carbocycles. The molecule has 1 unspecified atom stereocenters. The number of hydrogen-bond acceptors (Lipinski definition) is 1. The molecule has 2 heteroatoms. The van der Waals surface area contributed by atoms with Gasteiger partial charge < -0.3 is 5.73 Å². The molecule has 82 valence electrons. The van der Waals surface area contributed by atoms with Gasteiger partial charge in [0.1, 0.15) is 0 Å². The Morgan fingerprint density at radius 1 is 1.33 bits per heavy atom. The highest BCUT2D eigenvalue weighted by Crippen LogP contribution is 2.43. The van der Waals surface area contributed by atoms with Crippen LogP contribution in [0.4, 0.5) is 0 Å². The van der Waals surface area contributed by atoms with Crippen LogP contribution < -0.4 is 5.73 Å². The number of halogens is 1. The molecule has 0 amide bonds. The average molecular weight is 224 g/mol. The Labute approximate surface area is 96.6 Å². The van der Waals surface area contributed by atoms with Gasteiger partial charge in [-0.1, -0.05) is 23.7 Å². The van der Waals surface area contributed by atoms with Gasteiger partial charge >= 0.3 is 0 Å². The molecular formula is C13H18ClN. The van der Waals surface area contributed by atoms with Gasteiger partial charge in [0.15, 0.2) is 0 Å². The van der Waals surface area contributed by atoms with Gasteiger partial charge in [0, 0.05) is 11.1 Å². The maximum Gasteiger partial charge on any atom is 0.0406 e. The van der Waals surface area contributed by atoms with Gasteiger partial charge in [-0.15, -0.1) is 0 Å². The molecule has 15 heavy (non-hydrogen) atoms. The molecule has 1 aliphatic rings. The van der Waals surface area contributed by atoms with E-state index in [9.17, 15) is 0 Å². The maximum absolute atomic E-state index is 5.86. The van der Waals surface area contributed by atoms with Crippen molar-refractivity contribution in [3.8, 4) is 0 Å². The molecule has 2 rings (SSSR count). The molecule has 1 atom stereocenters. The zero-order chi connectivity index (χ0) is 10.8. The number of nitrogens with two attached hydrogens (primary N) is 1.